The van der Waals surface area contributed by atoms with Crippen LogP contribution in [0.5, 0.6) is 0 Å². The second-order valence-electron chi connectivity index (χ2n) is 5.27. The molecule has 1 saturated heterocycles. The lowest BCUT2D eigenvalue weighted by Crippen LogP contribution is -2.33. The van der Waals surface area contributed by atoms with E-state index in [0.29, 0.717) is 11.3 Å². The Bertz CT molecular complexity index is 443. The zero-order valence-corrected chi connectivity index (χ0v) is 12.1. The second-order valence-corrected chi connectivity index (χ2v) is 5.61. The molecule has 0 N–H and O–H groups in total. The molecule has 5 nitrogen and oxygen atoms in total. The average Bonchev–Trinajstić information content (AvgIpc) is 3.25. The van der Waals surface area contributed by atoms with Gasteiger partial charge >= 0.3 is 0 Å². The monoisotopic (exact) mass is 281 g/mol. The molecular weight excluding hydrogens is 262 g/mol. The Balaban J connectivity index is 1.86. The Labute approximate surface area is 119 Å². The van der Waals surface area contributed by atoms with Gasteiger partial charge in [-0.25, -0.2) is 0 Å². The van der Waals surface area contributed by atoms with Gasteiger partial charge in [-0.05, 0) is 50.6 Å². The van der Waals surface area contributed by atoms with Crippen molar-refractivity contribution in [2.45, 2.75) is 45.1 Å². The molecule has 0 radical (unpaired) electrons. The first kappa shape index (κ1) is 12.9. The summed E-state index contributed by atoms with van der Waals surface area (Å²) in [6, 6.07) is 0.595. The van der Waals surface area contributed by atoms with Gasteiger partial charge in [-0.1, -0.05) is 0 Å². The molecule has 0 atom stereocenters. The Morgan fingerprint density at radius 2 is 1.89 bits per heavy atom. The molecule has 0 amide bonds. The average molecular weight is 282 g/mol. The third-order valence-corrected chi connectivity index (χ3v) is 3.98. The van der Waals surface area contributed by atoms with Gasteiger partial charge < -0.3 is 9.80 Å². The number of hydrogen-bond acceptors (Lipinski definition) is 5. The highest BCUT2D eigenvalue weighted by Gasteiger charge is 2.30. The van der Waals surface area contributed by atoms with Crippen LogP contribution in [0.15, 0.2) is 0 Å². The Hall–Kier alpha value is -1.10. The zero-order valence-electron chi connectivity index (χ0n) is 11.3. The summed E-state index contributed by atoms with van der Waals surface area (Å²) in [7, 11) is 0. The minimum atomic E-state index is 0.310. The summed E-state index contributed by atoms with van der Waals surface area (Å²) < 4.78 is 0. The van der Waals surface area contributed by atoms with Crippen LogP contribution in [0.25, 0.3) is 0 Å². The van der Waals surface area contributed by atoms with E-state index in [1.54, 1.807) is 0 Å². The van der Waals surface area contributed by atoms with Crippen molar-refractivity contribution in [3.8, 4) is 0 Å². The summed E-state index contributed by atoms with van der Waals surface area (Å²) in [6.07, 6.45) is 6.18. The second kappa shape index (κ2) is 5.49. The molecule has 1 saturated carbocycles. The fourth-order valence-electron chi connectivity index (χ4n) is 2.64. The highest BCUT2D eigenvalue weighted by molar-refractivity contribution is 6.28. The molecule has 2 heterocycles. The lowest BCUT2D eigenvalue weighted by atomic mass is 10.1. The normalized spacial score (nSPS) is 19.6. The van der Waals surface area contributed by atoms with E-state index in [4.69, 9.17) is 11.6 Å². The van der Waals surface area contributed by atoms with Crippen LogP contribution in [-0.4, -0.2) is 40.6 Å². The smallest absolute Gasteiger partial charge is 0.231 e. The van der Waals surface area contributed by atoms with E-state index in [-0.39, 0.29) is 0 Å². The van der Waals surface area contributed by atoms with Gasteiger partial charge in [0.25, 0.3) is 0 Å². The predicted octanol–water partition coefficient (Wildman–Crippen LogP) is 2.50. The van der Waals surface area contributed by atoms with E-state index < -0.39 is 0 Å². The Morgan fingerprint density at radius 3 is 2.53 bits per heavy atom. The van der Waals surface area contributed by atoms with Crippen LogP contribution in [0.3, 0.4) is 0 Å². The van der Waals surface area contributed by atoms with E-state index in [1.165, 1.54) is 32.1 Å². The largest absolute Gasteiger partial charge is 0.341 e. The van der Waals surface area contributed by atoms with Gasteiger partial charge in [0.15, 0.2) is 0 Å². The minimum absolute atomic E-state index is 0.310. The summed E-state index contributed by atoms with van der Waals surface area (Å²) in [5.41, 5.74) is 0. The molecular formula is C13H20ClN5. The molecule has 104 valence electrons. The van der Waals surface area contributed by atoms with Crippen molar-refractivity contribution in [2.24, 2.45) is 0 Å². The Kier molecular flexibility index (Phi) is 3.73. The van der Waals surface area contributed by atoms with Gasteiger partial charge in [-0.3, -0.25) is 0 Å². The first-order valence-corrected chi connectivity index (χ1v) is 7.59. The fraction of sp³-hybridized carbons (Fsp3) is 0.769. The summed E-state index contributed by atoms with van der Waals surface area (Å²) in [5.74, 6) is 1.49. The van der Waals surface area contributed by atoms with Crippen molar-refractivity contribution in [3.05, 3.63) is 5.28 Å². The SMILES string of the molecule is CCN(c1nc(Cl)nc(N2CCCCC2)n1)C1CC1. The van der Waals surface area contributed by atoms with Crippen LogP contribution in [0.2, 0.25) is 5.28 Å². The van der Waals surface area contributed by atoms with Crippen LogP contribution in [-0.2, 0) is 0 Å². The number of nitrogens with zero attached hydrogens (tertiary/aromatic N) is 5. The molecule has 1 aromatic heterocycles. The maximum absolute atomic E-state index is 6.08. The first-order valence-electron chi connectivity index (χ1n) is 7.21. The van der Waals surface area contributed by atoms with Gasteiger partial charge in [0.2, 0.25) is 17.2 Å². The number of piperidine rings is 1. The molecule has 1 aliphatic carbocycles. The minimum Gasteiger partial charge on any atom is -0.341 e. The predicted molar refractivity (Wildman–Crippen MR) is 76.9 cm³/mol. The standard InChI is InChI=1S/C13H20ClN5/c1-2-19(10-6-7-10)13-16-11(14)15-12(17-13)18-8-4-3-5-9-18/h10H,2-9H2,1H3. The first-order chi connectivity index (χ1) is 9.28. The van der Waals surface area contributed by atoms with E-state index >= 15 is 0 Å². The van der Waals surface area contributed by atoms with Crippen molar-refractivity contribution >= 4 is 23.5 Å². The topological polar surface area (TPSA) is 45.2 Å². The van der Waals surface area contributed by atoms with Crippen molar-refractivity contribution in [1.82, 2.24) is 15.0 Å². The maximum Gasteiger partial charge on any atom is 0.231 e. The molecule has 0 aromatic carbocycles. The molecule has 1 aliphatic heterocycles. The quantitative estimate of drug-likeness (QED) is 0.848. The molecule has 2 fully saturated rings. The van der Waals surface area contributed by atoms with E-state index in [0.717, 1.165) is 31.5 Å². The van der Waals surface area contributed by atoms with Crippen LogP contribution < -0.4 is 9.80 Å². The van der Waals surface area contributed by atoms with E-state index in [9.17, 15) is 0 Å². The number of rotatable bonds is 4. The number of aromatic nitrogens is 3. The summed E-state index contributed by atoms with van der Waals surface area (Å²) >= 11 is 6.08. The lowest BCUT2D eigenvalue weighted by Gasteiger charge is -2.28. The van der Waals surface area contributed by atoms with Gasteiger partial charge in [0.05, 0.1) is 0 Å². The molecule has 0 spiro atoms. The summed E-state index contributed by atoms with van der Waals surface area (Å²) in [5, 5.41) is 0.310. The third-order valence-electron chi connectivity index (χ3n) is 3.81. The molecule has 19 heavy (non-hydrogen) atoms. The molecule has 0 unspecified atom stereocenters. The maximum atomic E-state index is 6.08. The molecule has 6 heteroatoms. The van der Waals surface area contributed by atoms with E-state index in [1.807, 2.05) is 0 Å². The molecule has 0 bridgehead atoms. The van der Waals surface area contributed by atoms with Crippen LogP contribution in [0, 0.1) is 0 Å². The number of anilines is 2. The van der Waals surface area contributed by atoms with Gasteiger partial charge in [-0.2, -0.15) is 15.0 Å². The lowest BCUT2D eigenvalue weighted by molar-refractivity contribution is 0.566. The van der Waals surface area contributed by atoms with Gasteiger partial charge in [0, 0.05) is 25.7 Å². The number of halogens is 1. The van der Waals surface area contributed by atoms with Gasteiger partial charge in [-0.15, -0.1) is 0 Å². The van der Waals surface area contributed by atoms with Gasteiger partial charge in [0.1, 0.15) is 0 Å². The van der Waals surface area contributed by atoms with Crippen LogP contribution >= 0.6 is 11.6 Å². The molecule has 3 rings (SSSR count). The van der Waals surface area contributed by atoms with E-state index in [2.05, 4.69) is 31.7 Å². The van der Waals surface area contributed by atoms with Crippen LogP contribution in [0.1, 0.15) is 39.0 Å². The number of hydrogen-bond donors (Lipinski definition) is 0. The zero-order chi connectivity index (χ0) is 13.2. The Morgan fingerprint density at radius 1 is 1.16 bits per heavy atom. The van der Waals surface area contributed by atoms with Crippen molar-refractivity contribution in [1.29, 1.82) is 0 Å². The molecule has 1 aromatic rings. The fourth-order valence-corrected chi connectivity index (χ4v) is 2.79. The summed E-state index contributed by atoms with van der Waals surface area (Å²) in [4.78, 5) is 17.7. The highest BCUT2D eigenvalue weighted by atomic mass is 35.5. The molecule has 2 aliphatic rings. The summed E-state index contributed by atoms with van der Waals surface area (Å²) in [6.45, 7) is 5.10. The third kappa shape index (κ3) is 2.91. The van der Waals surface area contributed by atoms with Crippen molar-refractivity contribution < 1.29 is 0 Å². The van der Waals surface area contributed by atoms with Crippen molar-refractivity contribution in [3.63, 3.8) is 0 Å². The highest BCUT2D eigenvalue weighted by Crippen LogP contribution is 2.30. The van der Waals surface area contributed by atoms with Crippen molar-refractivity contribution in [2.75, 3.05) is 29.4 Å². The van der Waals surface area contributed by atoms with Crippen LogP contribution in [0.4, 0.5) is 11.9 Å².